The van der Waals surface area contributed by atoms with Crippen molar-refractivity contribution in [1.82, 2.24) is 10.2 Å². The van der Waals surface area contributed by atoms with Crippen LogP contribution < -0.4 is 5.32 Å². The van der Waals surface area contributed by atoms with Gasteiger partial charge in [0.1, 0.15) is 0 Å². The van der Waals surface area contributed by atoms with Gasteiger partial charge in [-0.2, -0.15) is 0 Å². The van der Waals surface area contributed by atoms with Crippen LogP contribution in [-0.4, -0.2) is 36.6 Å². The van der Waals surface area contributed by atoms with Crippen LogP contribution in [0, 0.1) is 0 Å². The average molecular weight is 198 g/mol. The van der Waals surface area contributed by atoms with Crippen LogP contribution in [0.4, 0.5) is 0 Å². The predicted octanol–water partition coefficient (Wildman–Crippen LogP) is 2.25. The third kappa shape index (κ3) is 2.96. The first-order chi connectivity index (χ1) is 6.61. The van der Waals surface area contributed by atoms with Gasteiger partial charge >= 0.3 is 0 Å². The minimum absolute atomic E-state index is 0.391. The Balaban J connectivity index is 2.35. The fourth-order valence-electron chi connectivity index (χ4n) is 2.31. The molecule has 1 N–H and O–H groups in total. The highest BCUT2D eigenvalue weighted by Gasteiger charge is 2.29. The van der Waals surface area contributed by atoms with Crippen molar-refractivity contribution < 1.29 is 0 Å². The van der Waals surface area contributed by atoms with Crippen LogP contribution in [0.2, 0.25) is 0 Å². The number of hydrogen-bond acceptors (Lipinski definition) is 2. The van der Waals surface area contributed by atoms with E-state index in [4.69, 9.17) is 0 Å². The zero-order chi connectivity index (χ0) is 10.6. The number of nitrogens with zero attached hydrogens (tertiary/aromatic N) is 1. The predicted molar refractivity (Wildman–Crippen MR) is 62.6 cm³/mol. The Kier molecular flexibility index (Phi) is 4.39. The first-order valence-electron chi connectivity index (χ1n) is 6.04. The molecule has 0 radical (unpaired) electrons. The molecule has 1 fully saturated rings. The van der Waals surface area contributed by atoms with E-state index in [1.807, 2.05) is 0 Å². The van der Waals surface area contributed by atoms with E-state index in [2.05, 4.69) is 38.0 Å². The Morgan fingerprint density at radius 2 is 1.93 bits per heavy atom. The van der Waals surface area contributed by atoms with Gasteiger partial charge in [-0.05, 0) is 40.2 Å². The smallest absolute Gasteiger partial charge is 0.0174 e. The summed E-state index contributed by atoms with van der Waals surface area (Å²) < 4.78 is 0. The summed E-state index contributed by atoms with van der Waals surface area (Å²) in [7, 11) is 2.09. The Bertz CT molecular complexity index is 160. The molecule has 84 valence electrons. The molecule has 0 aromatic carbocycles. The molecule has 2 heteroatoms. The van der Waals surface area contributed by atoms with Gasteiger partial charge in [0, 0.05) is 24.7 Å². The van der Waals surface area contributed by atoms with Gasteiger partial charge in [-0.25, -0.2) is 0 Å². The van der Waals surface area contributed by atoms with E-state index in [-0.39, 0.29) is 0 Å². The Morgan fingerprint density at radius 1 is 1.36 bits per heavy atom. The van der Waals surface area contributed by atoms with Crippen LogP contribution >= 0.6 is 0 Å². The van der Waals surface area contributed by atoms with E-state index in [1.54, 1.807) is 0 Å². The molecule has 0 aromatic rings. The minimum atomic E-state index is 0.391. The lowest BCUT2D eigenvalue weighted by molar-refractivity contribution is 0.113. The van der Waals surface area contributed by atoms with Gasteiger partial charge in [-0.3, -0.25) is 0 Å². The van der Waals surface area contributed by atoms with E-state index >= 15 is 0 Å². The standard InChI is InChI=1S/C12H26N2/c1-5-6-11(2)14-9-7-12(3,13-4)8-10-14/h11,13H,5-10H2,1-4H3. The first kappa shape index (κ1) is 12.0. The molecule has 0 saturated carbocycles. The summed E-state index contributed by atoms with van der Waals surface area (Å²) in [6.07, 6.45) is 5.23. The summed E-state index contributed by atoms with van der Waals surface area (Å²) in [5, 5.41) is 3.45. The van der Waals surface area contributed by atoms with Gasteiger partial charge in [-0.15, -0.1) is 0 Å². The van der Waals surface area contributed by atoms with E-state index in [0.717, 1.165) is 6.04 Å². The lowest BCUT2D eigenvalue weighted by atomic mass is 9.89. The second-order valence-corrected chi connectivity index (χ2v) is 4.98. The van der Waals surface area contributed by atoms with Gasteiger partial charge in [0.25, 0.3) is 0 Å². The van der Waals surface area contributed by atoms with Crippen LogP contribution in [0.25, 0.3) is 0 Å². The van der Waals surface area contributed by atoms with Crippen molar-refractivity contribution in [2.45, 2.75) is 58.0 Å². The Labute approximate surface area is 89.1 Å². The zero-order valence-corrected chi connectivity index (χ0v) is 10.3. The van der Waals surface area contributed by atoms with Crippen LogP contribution in [0.5, 0.6) is 0 Å². The van der Waals surface area contributed by atoms with Crippen LogP contribution in [-0.2, 0) is 0 Å². The highest BCUT2D eigenvalue weighted by molar-refractivity contribution is 4.89. The molecule has 0 aromatic heterocycles. The summed E-state index contributed by atoms with van der Waals surface area (Å²) in [4.78, 5) is 2.64. The topological polar surface area (TPSA) is 15.3 Å². The van der Waals surface area contributed by atoms with Crippen molar-refractivity contribution in [1.29, 1.82) is 0 Å². The maximum Gasteiger partial charge on any atom is 0.0174 e. The van der Waals surface area contributed by atoms with Gasteiger partial charge < -0.3 is 10.2 Å². The monoisotopic (exact) mass is 198 g/mol. The lowest BCUT2D eigenvalue weighted by Crippen LogP contribution is -2.51. The van der Waals surface area contributed by atoms with Crippen molar-refractivity contribution in [3.8, 4) is 0 Å². The SMILES string of the molecule is CCCC(C)N1CCC(C)(NC)CC1. The molecule has 1 rings (SSSR count). The van der Waals surface area contributed by atoms with Gasteiger partial charge in [0.05, 0.1) is 0 Å². The highest BCUT2D eigenvalue weighted by atomic mass is 15.2. The van der Waals surface area contributed by atoms with Crippen LogP contribution in [0.1, 0.15) is 46.5 Å². The van der Waals surface area contributed by atoms with E-state index < -0.39 is 0 Å². The average Bonchev–Trinajstić information content (AvgIpc) is 2.19. The van der Waals surface area contributed by atoms with E-state index in [0.29, 0.717) is 5.54 Å². The Morgan fingerprint density at radius 3 is 2.36 bits per heavy atom. The Hall–Kier alpha value is -0.0800. The fourth-order valence-corrected chi connectivity index (χ4v) is 2.31. The van der Waals surface area contributed by atoms with E-state index in [1.165, 1.54) is 38.8 Å². The number of piperidine rings is 1. The molecule has 2 nitrogen and oxygen atoms in total. The van der Waals surface area contributed by atoms with Crippen LogP contribution in [0.3, 0.4) is 0 Å². The van der Waals surface area contributed by atoms with Crippen molar-refractivity contribution in [3.63, 3.8) is 0 Å². The molecular formula is C12H26N2. The number of rotatable bonds is 4. The number of likely N-dealkylation sites (tertiary alicyclic amines) is 1. The molecule has 1 heterocycles. The summed E-state index contributed by atoms with van der Waals surface area (Å²) in [5.41, 5.74) is 0.391. The fraction of sp³-hybridized carbons (Fsp3) is 1.00. The van der Waals surface area contributed by atoms with Crippen molar-refractivity contribution >= 4 is 0 Å². The molecule has 1 aliphatic heterocycles. The van der Waals surface area contributed by atoms with Crippen molar-refractivity contribution in [2.75, 3.05) is 20.1 Å². The number of hydrogen-bond donors (Lipinski definition) is 1. The molecule has 0 bridgehead atoms. The second kappa shape index (κ2) is 5.13. The molecule has 0 aliphatic carbocycles. The summed E-state index contributed by atoms with van der Waals surface area (Å²) >= 11 is 0. The summed E-state index contributed by atoms with van der Waals surface area (Å²) in [5.74, 6) is 0. The molecule has 0 amide bonds. The van der Waals surface area contributed by atoms with Crippen molar-refractivity contribution in [3.05, 3.63) is 0 Å². The van der Waals surface area contributed by atoms with E-state index in [9.17, 15) is 0 Å². The quantitative estimate of drug-likeness (QED) is 0.745. The second-order valence-electron chi connectivity index (χ2n) is 4.98. The molecule has 14 heavy (non-hydrogen) atoms. The summed E-state index contributed by atoms with van der Waals surface area (Å²) in [6, 6.07) is 0.779. The third-order valence-electron chi connectivity index (χ3n) is 3.83. The number of nitrogens with one attached hydrogen (secondary N) is 1. The molecule has 0 spiro atoms. The summed E-state index contributed by atoms with van der Waals surface area (Å²) in [6.45, 7) is 9.51. The van der Waals surface area contributed by atoms with Crippen LogP contribution in [0.15, 0.2) is 0 Å². The molecule has 1 saturated heterocycles. The maximum absolute atomic E-state index is 3.45. The molecular weight excluding hydrogens is 172 g/mol. The molecule has 1 atom stereocenters. The first-order valence-corrected chi connectivity index (χ1v) is 6.04. The minimum Gasteiger partial charge on any atom is -0.314 e. The van der Waals surface area contributed by atoms with Gasteiger partial charge in [0.2, 0.25) is 0 Å². The highest BCUT2D eigenvalue weighted by Crippen LogP contribution is 2.23. The van der Waals surface area contributed by atoms with Crippen molar-refractivity contribution in [2.24, 2.45) is 0 Å². The maximum atomic E-state index is 3.45. The molecule has 1 aliphatic rings. The van der Waals surface area contributed by atoms with Gasteiger partial charge in [-0.1, -0.05) is 13.3 Å². The lowest BCUT2D eigenvalue weighted by Gasteiger charge is -2.41. The largest absolute Gasteiger partial charge is 0.314 e. The zero-order valence-electron chi connectivity index (χ0n) is 10.3. The van der Waals surface area contributed by atoms with Gasteiger partial charge in [0.15, 0.2) is 0 Å². The third-order valence-corrected chi connectivity index (χ3v) is 3.83. The molecule has 1 unspecified atom stereocenters. The normalized spacial score (nSPS) is 24.9.